The zero-order valence-corrected chi connectivity index (χ0v) is 12.0. The molecule has 0 bridgehead atoms. The number of nitrogens with two attached hydrogens (primary N) is 1. The maximum Gasteiger partial charge on any atom is 0.337 e. The molecule has 1 aromatic carbocycles. The van der Waals surface area contributed by atoms with E-state index in [4.69, 9.17) is 17.3 Å². The van der Waals surface area contributed by atoms with Crippen LogP contribution in [0.4, 0.5) is 11.4 Å². The maximum absolute atomic E-state index is 12.3. The van der Waals surface area contributed by atoms with Gasteiger partial charge in [-0.05, 0) is 29.6 Å². The van der Waals surface area contributed by atoms with Crippen LogP contribution in [0.25, 0.3) is 0 Å². The van der Waals surface area contributed by atoms with Gasteiger partial charge < -0.3 is 15.7 Å². The molecule has 1 aromatic heterocycles. The minimum Gasteiger partial charge on any atom is -0.478 e. The van der Waals surface area contributed by atoms with Gasteiger partial charge in [-0.15, -0.1) is 11.3 Å². The topological polar surface area (TPSA) is 83.6 Å². The number of carboxylic acid groups (broad SMARTS) is 1. The summed E-state index contributed by atoms with van der Waals surface area (Å²) in [6, 6.07) is 5.98. The standard InChI is InChI=1S/C13H11ClN2O3S/c1-16(12(17)11-9(14)4-5-20-11)10-3-2-7(15)6-8(10)13(18)19/h2-6H,15H2,1H3,(H,18,19). The molecular weight excluding hydrogens is 300 g/mol. The fourth-order valence-corrected chi connectivity index (χ4v) is 2.84. The molecule has 1 amide bonds. The number of rotatable bonds is 3. The number of halogens is 1. The molecule has 0 unspecified atom stereocenters. The molecule has 7 heteroatoms. The molecule has 0 aliphatic rings. The second-order valence-electron chi connectivity index (χ2n) is 4.04. The number of carbonyl (C=O) groups excluding carboxylic acids is 1. The highest BCUT2D eigenvalue weighted by atomic mass is 35.5. The van der Waals surface area contributed by atoms with E-state index in [9.17, 15) is 14.7 Å². The minimum atomic E-state index is -1.15. The van der Waals surface area contributed by atoms with Gasteiger partial charge in [-0.1, -0.05) is 11.6 Å². The van der Waals surface area contributed by atoms with Crippen LogP contribution in [-0.2, 0) is 0 Å². The molecule has 2 aromatic rings. The van der Waals surface area contributed by atoms with Crippen LogP contribution in [0.2, 0.25) is 5.02 Å². The van der Waals surface area contributed by atoms with Gasteiger partial charge in [0.1, 0.15) is 4.88 Å². The molecule has 5 nitrogen and oxygen atoms in total. The van der Waals surface area contributed by atoms with E-state index in [2.05, 4.69) is 0 Å². The van der Waals surface area contributed by atoms with Gasteiger partial charge in [0.15, 0.2) is 0 Å². The van der Waals surface area contributed by atoms with Gasteiger partial charge in [-0.3, -0.25) is 4.79 Å². The number of carbonyl (C=O) groups is 2. The van der Waals surface area contributed by atoms with Crippen LogP contribution in [-0.4, -0.2) is 24.0 Å². The van der Waals surface area contributed by atoms with E-state index in [0.717, 1.165) is 0 Å². The summed E-state index contributed by atoms with van der Waals surface area (Å²) in [5.74, 6) is -1.51. The summed E-state index contributed by atoms with van der Waals surface area (Å²) in [4.78, 5) is 25.2. The third-order valence-electron chi connectivity index (χ3n) is 2.73. The van der Waals surface area contributed by atoms with Crippen LogP contribution in [0.1, 0.15) is 20.0 Å². The van der Waals surface area contributed by atoms with Gasteiger partial charge in [-0.2, -0.15) is 0 Å². The van der Waals surface area contributed by atoms with E-state index in [1.165, 1.54) is 35.4 Å². The average Bonchev–Trinajstić information content (AvgIpc) is 2.83. The number of aromatic carboxylic acids is 1. The van der Waals surface area contributed by atoms with E-state index >= 15 is 0 Å². The lowest BCUT2D eigenvalue weighted by Gasteiger charge is -2.19. The number of amides is 1. The van der Waals surface area contributed by atoms with E-state index in [1.807, 2.05) is 0 Å². The molecule has 104 valence electrons. The number of nitrogens with zero attached hydrogens (tertiary/aromatic N) is 1. The number of hydrogen-bond donors (Lipinski definition) is 2. The SMILES string of the molecule is CN(C(=O)c1sccc1Cl)c1ccc(N)cc1C(=O)O. The predicted octanol–water partition coefficient (Wildman–Crippen LogP) is 2.96. The monoisotopic (exact) mass is 310 g/mol. The van der Waals surface area contributed by atoms with Gasteiger partial charge in [0.25, 0.3) is 5.91 Å². The van der Waals surface area contributed by atoms with E-state index in [-0.39, 0.29) is 17.2 Å². The lowest BCUT2D eigenvalue weighted by atomic mass is 10.1. The van der Waals surface area contributed by atoms with Crippen LogP contribution in [0, 0.1) is 0 Å². The fourth-order valence-electron chi connectivity index (χ4n) is 1.73. The zero-order valence-electron chi connectivity index (χ0n) is 10.5. The second kappa shape index (κ2) is 5.52. The Morgan fingerprint density at radius 3 is 2.60 bits per heavy atom. The third kappa shape index (κ3) is 2.61. The molecule has 0 radical (unpaired) electrons. The first-order valence-electron chi connectivity index (χ1n) is 5.55. The second-order valence-corrected chi connectivity index (χ2v) is 5.37. The van der Waals surface area contributed by atoms with Crippen molar-refractivity contribution in [2.24, 2.45) is 0 Å². The summed E-state index contributed by atoms with van der Waals surface area (Å²) in [5.41, 5.74) is 6.13. The number of anilines is 2. The Labute approximate surface area is 124 Å². The number of thiophene rings is 1. The molecular formula is C13H11ClN2O3S. The maximum atomic E-state index is 12.3. The van der Waals surface area contributed by atoms with Crippen molar-refractivity contribution in [1.82, 2.24) is 0 Å². The van der Waals surface area contributed by atoms with Gasteiger partial charge >= 0.3 is 5.97 Å². The van der Waals surface area contributed by atoms with Gasteiger partial charge in [0, 0.05) is 12.7 Å². The summed E-state index contributed by atoms with van der Waals surface area (Å²) < 4.78 is 0. The third-order valence-corrected chi connectivity index (χ3v) is 4.06. The van der Waals surface area contributed by atoms with Crippen LogP contribution in [0.5, 0.6) is 0 Å². The van der Waals surface area contributed by atoms with Crippen LogP contribution in [0.3, 0.4) is 0 Å². The van der Waals surface area contributed by atoms with E-state index in [0.29, 0.717) is 15.6 Å². The van der Waals surface area contributed by atoms with Crippen LogP contribution in [0.15, 0.2) is 29.6 Å². The first-order chi connectivity index (χ1) is 9.41. The molecule has 0 spiro atoms. The summed E-state index contributed by atoms with van der Waals surface area (Å²) >= 11 is 7.12. The van der Waals surface area contributed by atoms with Crippen molar-refractivity contribution in [3.05, 3.63) is 45.1 Å². The molecule has 0 saturated carbocycles. The Morgan fingerprint density at radius 2 is 2.05 bits per heavy atom. The molecule has 0 atom stereocenters. The predicted molar refractivity (Wildman–Crippen MR) is 79.9 cm³/mol. The van der Waals surface area contributed by atoms with Crippen molar-refractivity contribution in [2.75, 3.05) is 17.7 Å². The highest BCUT2D eigenvalue weighted by Gasteiger charge is 2.22. The summed E-state index contributed by atoms with van der Waals surface area (Å²) in [5, 5.41) is 11.2. The molecule has 20 heavy (non-hydrogen) atoms. The molecule has 0 aliphatic heterocycles. The molecule has 1 heterocycles. The first-order valence-corrected chi connectivity index (χ1v) is 6.81. The highest BCUT2D eigenvalue weighted by molar-refractivity contribution is 7.12. The smallest absolute Gasteiger partial charge is 0.337 e. The van der Waals surface area contributed by atoms with Crippen molar-refractivity contribution in [1.29, 1.82) is 0 Å². The summed E-state index contributed by atoms with van der Waals surface area (Å²) in [7, 11) is 1.50. The molecule has 0 saturated heterocycles. The minimum absolute atomic E-state index is 0.0338. The Morgan fingerprint density at radius 1 is 1.35 bits per heavy atom. The molecule has 2 rings (SSSR count). The number of benzene rings is 1. The zero-order chi connectivity index (χ0) is 14.9. The molecule has 0 fully saturated rings. The fraction of sp³-hybridized carbons (Fsp3) is 0.0769. The Balaban J connectivity index is 2.44. The first kappa shape index (κ1) is 14.4. The van der Waals surface area contributed by atoms with Crippen molar-refractivity contribution in [3.63, 3.8) is 0 Å². The van der Waals surface area contributed by atoms with E-state index in [1.54, 1.807) is 17.5 Å². The van der Waals surface area contributed by atoms with Crippen molar-refractivity contribution >= 4 is 46.2 Å². The Hall–Kier alpha value is -2.05. The quantitative estimate of drug-likeness (QED) is 0.854. The van der Waals surface area contributed by atoms with E-state index < -0.39 is 5.97 Å². The molecule has 0 aliphatic carbocycles. The Bertz CT molecular complexity index is 684. The van der Waals surface area contributed by atoms with Gasteiger partial charge in [0.2, 0.25) is 0 Å². The number of hydrogen-bond acceptors (Lipinski definition) is 4. The number of nitrogen functional groups attached to an aromatic ring is 1. The molecule has 3 N–H and O–H groups in total. The average molecular weight is 311 g/mol. The van der Waals surface area contributed by atoms with Crippen LogP contribution < -0.4 is 10.6 Å². The number of carboxylic acids is 1. The van der Waals surface area contributed by atoms with Crippen LogP contribution >= 0.6 is 22.9 Å². The lowest BCUT2D eigenvalue weighted by Crippen LogP contribution is -2.27. The highest BCUT2D eigenvalue weighted by Crippen LogP contribution is 2.28. The Kier molecular flexibility index (Phi) is 3.96. The summed E-state index contributed by atoms with van der Waals surface area (Å²) in [6.07, 6.45) is 0. The van der Waals surface area contributed by atoms with Gasteiger partial charge in [-0.25, -0.2) is 4.79 Å². The van der Waals surface area contributed by atoms with Crippen molar-refractivity contribution < 1.29 is 14.7 Å². The normalized spacial score (nSPS) is 10.3. The van der Waals surface area contributed by atoms with Crippen molar-refractivity contribution in [2.45, 2.75) is 0 Å². The van der Waals surface area contributed by atoms with Crippen molar-refractivity contribution in [3.8, 4) is 0 Å². The largest absolute Gasteiger partial charge is 0.478 e. The lowest BCUT2D eigenvalue weighted by molar-refractivity contribution is 0.0698. The summed E-state index contributed by atoms with van der Waals surface area (Å²) in [6.45, 7) is 0. The van der Waals surface area contributed by atoms with Gasteiger partial charge in [0.05, 0.1) is 16.3 Å².